The van der Waals surface area contributed by atoms with Crippen LogP contribution in [-0.4, -0.2) is 49.8 Å². The van der Waals surface area contributed by atoms with E-state index in [0.717, 1.165) is 6.07 Å². The minimum absolute atomic E-state index is 0.0155. The fraction of sp³-hybridized carbons (Fsp3) is 0.316. The number of phenolic OH excluding ortho intramolecular Hbond substituents is 1. The summed E-state index contributed by atoms with van der Waals surface area (Å²) in [4.78, 5) is 13.9. The first kappa shape index (κ1) is 22.6. The molecule has 3 N–H and O–H groups in total. The molecule has 0 unspecified atom stereocenters. The number of aromatic hydroxyl groups is 1. The Morgan fingerprint density at radius 1 is 1.13 bits per heavy atom. The number of hydrogen-bond donors (Lipinski definition) is 3. The summed E-state index contributed by atoms with van der Waals surface area (Å²) < 4.78 is 39.7. The van der Waals surface area contributed by atoms with Crippen molar-refractivity contribution >= 4 is 50.4 Å². The maximum Gasteiger partial charge on any atom is 0.323 e. The highest BCUT2D eigenvalue weighted by molar-refractivity contribution is 7.92. The number of carbonyl (C=O) groups excluding carboxylic acids is 1. The van der Waals surface area contributed by atoms with E-state index in [4.69, 9.17) is 23.2 Å². The van der Waals surface area contributed by atoms with Crippen LogP contribution in [-0.2, 0) is 9.84 Å². The van der Waals surface area contributed by atoms with E-state index >= 15 is 0 Å². The lowest BCUT2D eigenvalue weighted by molar-refractivity contribution is 0.262. The van der Waals surface area contributed by atoms with Crippen molar-refractivity contribution < 1.29 is 22.7 Å². The zero-order valence-corrected chi connectivity index (χ0v) is 18.3. The van der Waals surface area contributed by atoms with E-state index in [-0.39, 0.29) is 21.4 Å². The van der Waals surface area contributed by atoms with Crippen LogP contribution in [0.2, 0.25) is 10.0 Å². The number of benzene rings is 2. The number of urea groups is 1. The summed E-state index contributed by atoms with van der Waals surface area (Å²) in [5, 5.41) is 14.2. The third kappa shape index (κ3) is 4.64. The number of likely N-dealkylation sites (tertiary alicyclic amines) is 1. The number of carbonyl (C=O) groups is 1. The Morgan fingerprint density at radius 2 is 1.77 bits per heavy atom. The number of halogens is 3. The standard InChI is InChI=1S/C19H20Cl2FN3O4S/c1-25-9-7-11(8-10-25)30(28,29)18-12(20)5-6-15(17(18)26)24-19(27)23-14-4-2-3-13(22)16(14)21/h2-6,11,26H,7-10H2,1H3,(H2,23,24,27). The van der Waals surface area contributed by atoms with Crippen molar-refractivity contribution in [2.75, 3.05) is 30.8 Å². The molecule has 1 aliphatic heterocycles. The van der Waals surface area contributed by atoms with Gasteiger partial charge in [0.15, 0.2) is 15.6 Å². The Labute approximate surface area is 183 Å². The summed E-state index contributed by atoms with van der Waals surface area (Å²) in [6.07, 6.45) is 0.815. The number of nitrogens with zero attached hydrogens (tertiary/aromatic N) is 1. The van der Waals surface area contributed by atoms with Crippen LogP contribution >= 0.6 is 23.2 Å². The van der Waals surface area contributed by atoms with Crippen LogP contribution in [0.25, 0.3) is 0 Å². The van der Waals surface area contributed by atoms with E-state index in [1.54, 1.807) is 0 Å². The van der Waals surface area contributed by atoms with Crippen molar-refractivity contribution in [3.8, 4) is 5.75 Å². The van der Waals surface area contributed by atoms with Gasteiger partial charge < -0.3 is 20.6 Å². The minimum Gasteiger partial charge on any atom is -0.504 e. The van der Waals surface area contributed by atoms with Gasteiger partial charge in [-0.15, -0.1) is 0 Å². The molecule has 0 aliphatic carbocycles. The molecule has 1 fully saturated rings. The quantitative estimate of drug-likeness (QED) is 0.570. The molecular weight excluding hydrogens is 456 g/mol. The van der Waals surface area contributed by atoms with E-state index in [2.05, 4.69) is 10.6 Å². The number of nitrogens with one attached hydrogen (secondary N) is 2. The average molecular weight is 476 g/mol. The first-order chi connectivity index (χ1) is 14.1. The van der Waals surface area contributed by atoms with Crippen LogP contribution < -0.4 is 10.6 Å². The molecule has 0 radical (unpaired) electrons. The second-order valence-corrected chi connectivity index (χ2v) is 9.95. The molecule has 2 aromatic carbocycles. The molecule has 3 rings (SSSR count). The Kier molecular flexibility index (Phi) is 6.76. The molecule has 11 heteroatoms. The first-order valence-electron chi connectivity index (χ1n) is 9.07. The smallest absolute Gasteiger partial charge is 0.323 e. The lowest BCUT2D eigenvalue weighted by atomic mass is 10.1. The summed E-state index contributed by atoms with van der Waals surface area (Å²) in [5.41, 5.74) is -0.141. The highest BCUT2D eigenvalue weighted by atomic mass is 35.5. The summed E-state index contributed by atoms with van der Waals surface area (Å²) >= 11 is 11.9. The molecule has 30 heavy (non-hydrogen) atoms. The SMILES string of the molecule is CN1CCC(S(=O)(=O)c2c(Cl)ccc(NC(=O)Nc3cccc(F)c3Cl)c2O)CC1. The van der Waals surface area contributed by atoms with Gasteiger partial charge in [0.1, 0.15) is 10.7 Å². The monoisotopic (exact) mass is 475 g/mol. The molecule has 0 atom stereocenters. The minimum atomic E-state index is -3.93. The van der Waals surface area contributed by atoms with Gasteiger partial charge >= 0.3 is 6.03 Å². The Bertz CT molecular complexity index is 1070. The molecule has 1 heterocycles. The Hall–Kier alpha value is -2.07. The van der Waals surface area contributed by atoms with Gasteiger partial charge in [0.25, 0.3) is 0 Å². The van der Waals surface area contributed by atoms with E-state index in [0.29, 0.717) is 25.9 Å². The van der Waals surface area contributed by atoms with Gasteiger partial charge in [-0.25, -0.2) is 17.6 Å². The molecule has 0 spiro atoms. The molecule has 1 aliphatic rings. The number of amides is 2. The first-order valence-corrected chi connectivity index (χ1v) is 11.4. The van der Waals surface area contributed by atoms with Crippen LogP contribution in [0.15, 0.2) is 35.2 Å². The Balaban J connectivity index is 1.85. The molecular formula is C19H20Cl2FN3O4S. The number of anilines is 2. The maximum absolute atomic E-state index is 13.5. The van der Waals surface area contributed by atoms with Crippen LogP contribution in [0.3, 0.4) is 0 Å². The summed E-state index contributed by atoms with van der Waals surface area (Å²) in [7, 11) is -2.02. The highest BCUT2D eigenvalue weighted by Crippen LogP contribution is 2.40. The normalized spacial score (nSPS) is 15.7. The van der Waals surface area contributed by atoms with Crippen LogP contribution in [0.1, 0.15) is 12.8 Å². The lowest BCUT2D eigenvalue weighted by Crippen LogP contribution is -2.37. The summed E-state index contributed by atoms with van der Waals surface area (Å²) in [6.45, 7) is 1.22. The van der Waals surface area contributed by atoms with Crippen molar-refractivity contribution in [1.29, 1.82) is 0 Å². The topological polar surface area (TPSA) is 98.7 Å². The predicted octanol–water partition coefficient (Wildman–Crippen LogP) is 4.35. The van der Waals surface area contributed by atoms with Gasteiger partial charge in [-0.05, 0) is 57.2 Å². The third-order valence-electron chi connectivity index (χ3n) is 4.92. The van der Waals surface area contributed by atoms with Gasteiger partial charge in [0.05, 0.1) is 26.7 Å². The molecule has 0 saturated carbocycles. The number of hydrogen-bond acceptors (Lipinski definition) is 5. The van der Waals surface area contributed by atoms with Crippen molar-refractivity contribution in [3.05, 3.63) is 46.2 Å². The number of sulfone groups is 1. The average Bonchev–Trinajstić information content (AvgIpc) is 2.68. The largest absolute Gasteiger partial charge is 0.504 e. The van der Waals surface area contributed by atoms with Crippen LogP contribution in [0.4, 0.5) is 20.6 Å². The van der Waals surface area contributed by atoms with E-state index in [1.165, 1.54) is 24.3 Å². The summed E-state index contributed by atoms with van der Waals surface area (Å²) in [6, 6.07) is 5.61. The van der Waals surface area contributed by atoms with Crippen LogP contribution in [0.5, 0.6) is 5.75 Å². The molecule has 1 saturated heterocycles. The van der Waals surface area contributed by atoms with Gasteiger partial charge in [0.2, 0.25) is 0 Å². The molecule has 2 amide bonds. The van der Waals surface area contributed by atoms with Crippen molar-refractivity contribution in [2.45, 2.75) is 23.0 Å². The van der Waals surface area contributed by atoms with Crippen molar-refractivity contribution in [2.24, 2.45) is 0 Å². The van der Waals surface area contributed by atoms with Gasteiger partial charge in [-0.1, -0.05) is 29.3 Å². The molecule has 162 valence electrons. The fourth-order valence-electron chi connectivity index (χ4n) is 3.26. The maximum atomic E-state index is 13.5. The highest BCUT2D eigenvalue weighted by Gasteiger charge is 2.35. The number of phenols is 1. The molecule has 2 aromatic rings. The fourth-order valence-corrected chi connectivity index (χ4v) is 5.79. The lowest BCUT2D eigenvalue weighted by Gasteiger charge is -2.29. The van der Waals surface area contributed by atoms with Crippen molar-refractivity contribution in [1.82, 2.24) is 4.90 Å². The third-order valence-corrected chi connectivity index (χ3v) is 8.06. The van der Waals surface area contributed by atoms with E-state index in [1.807, 2.05) is 11.9 Å². The molecule has 0 aromatic heterocycles. The summed E-state index contributed by atoms with van der Waals surface area (Å²) in [5.74, 6) is -1.36. The number of piperidine rings is 1. The predicted molar refractivity (Wildman–Crippen MR) is 115 cm³/mol. The Morgan fingerprint density at radius 3 is 2.43 bits per heavy atom. The zero-order valence-electron chi connectivity index (χ0n) is 16.0. The zero-order chi connectivity index (χ0) is 22.1. The number of rotatable bonds is 4. The van der Waals surface area contributed by atoms with E-state index < -0.39 is 37.6 Å². The van der Waals surface area contributed by atoms with E-state index in [9.17, 15) is 22.7 Å². The molecule has 0 bridgehead atoms. The van der Waals surface area contributed by atoms with Crippen LogP contribution in [0, 0.1) is 5.82 Å². The molecule has 7 nitrogen and oxygen atoms in total. The second-order valence-electron chi connectivity index (χ2n) is 7.00. The van der Waals surface area contributed by atoms with Gasteiger partial charge in [-0.3, -0.25) is 0 Å². The van der Waals surface area contributed by atoms with Gasteiger partial charge in [0, 0.05) is 0 Å². The second kappa shape index (κ2) is 8.97. The van der Waals surface area contributed by atoms with Gasteiger partial charge in [-0.2, -0.15) is 0 Å². The van der Waals surface area contributed by atoms with Crippen molar-refractivity contribution in [3.63, 3.8) is 0 Å².